The number of methoxy groups -OCH3 is 1. The molecule has 120 valence electrons. The molecule has 20 heavy (non-hydrogen) atoms. The summed E-state index contributed by atoms with van der Waals surface area (Å²) in [5, 5.41) is 3.30. The summed E-state index contributed by atoms with van der Waals surface area (Å²) in [6, 6.07) is -0.103. The van der Waals surface area contributed by atoms with Crippen LogP contribution in [-0.4, -0.2) is 58.7 Å². The Morgan fingerprint density at radius 1 is 1.45 bits per heavy atom. The van der Waals surface area contributed by atoms with Crippen LogP contribution in [0.25, 0.3) is 0 Å². The Bertz CT molecular complexity index is 362. The summed E-state index contributed by atoms with van der Waals surface area (Å²) in [4.78, 5) is 0. The summed E-state index contributed by atoms with van der Waals surface area (Å²) in [5.74, 6) is 0.412. The molecule has 0 spiro atoms. The van der Waals surface area contributed by atoms with Crippen LogP contribution in [0, 0.1) is 5.92 Å². The lowest BCUT2D eigenvalue weighted by Gasteiger charge is -2.32. The van der Waals surface area contributed by atoms with Crippen LogP contribution in [0.4, 0.5) is 0 Å². The second-order valence-corrected chi connectivity index (χ2v) is 7.18. The van der Waals surface area contributed by atoms with E-state index in [-0.39, 0.29) is 6.04 Å². The zero-order valence-electron chi connectivity index (χ0n) is 12.9. The van der Waals surface area contributed by atoms with Crippen LogP contribution in [0.3, 0.4) is 0 Å². The Morgan fingerprint density at radius 2 is 2.20 bits per heavy atom. The topological polar surface area (TPSA) is 70.7 Å². The van der Waals surface area contributed by atoms with Crippen LogP contribution >= 0.6 is 0 Å². The first-order valence-electron chi connectivity index (χ1n) is 7.46. The van der Waals surface area contributed by atoms with Crippen molar-refractivity contribution < 1.29 is 13.2 Å². The summed E-state index contributed by atoms with van der Waals surface area (Å²) in [5.41, 5.74) is 0. The Morgan fingerprint density at radius 3 is 2.85 bits per heavy atom. The molecule has 0 radical (unpaired) electrons. The number of nitrogens with one attached hydrogen (secondary N) is 2. The smallest absolute Gasteiger partial charge is 0.279 e. The number of nitrogens with zero attached hydrogens (tertiary/aromatic N) is 1. The molecule has 1 aliphatic heterocycles. The molecule has 1 rings (SSSR count). The average Bonchev–Trinajstić information content (AvgIpc) is 2.42. The molecule has 7 heteroatoms. The zero-order chi connectivity index (χ0) is 15.0. The molecule has 1 saturated heterocycles. The Kier molecular flexibility index (Phi) is 7.98. The molecule has 0 amide bonds. The van der Waals surface area contributed by atoms with Crippen molar-refractivity contribution in [2.45, 2.75) is 39.2 Å². The normalized spacial score (nSPS) is 22.9. The van der Waals surface area contributed by atoms with Gasteiger partial charge in [0.05, 0.1) is 0 Å². The largest absolute Gasteiger partial charge is 0.385 e. The first-order valence-corrected chi connectivity index (χ1v) is 8.90. The van der Waals surface area contributed by atoms with Crippen molar-refractivity contribution in [1.29, 1.82) is 0 Å². The lowest BCUT2D eigenvalue weighted by Crippen LogP contribution is -2.49. The molecule has 1 aliphatic rings. The number of hydrogen-bond acceptors (Lipinski definition) is 4. The van der Waals surface area contributed by atoms with Gasteiger partial charge in [0.2, 0.25) is 0 Å². The predicted molar refractivity (Wildman–Crippen MR) is 80.9 cm³/mol. The fourth-order valence-corrected chi connectivity index (χ4v) is 3.99. The Labute approximate surface area is 123 Å². The minimum atomic E-state index is -3.37. The van der Waals surface area contributed by atoms with Crippen molar-refractivity contribution in [3.8, 4) is 0 Å². The molecule has 2 atom stereocenters. The molecule has 0 aromatic carbocycles. The second-order valence-electron chi connectivity index (χ2n) is 5.48. The highest BCUT2D eigenvalue weighted by atomic mass is 32.2. The van der Waals surface area contributed by atoms with Crippen molar-refractivity contribution in [2.75, 3.05) is 39.9 Å². The average molecular weight is 307 g/mol. The van der Waals surface area contributed by atoms with Crippen LogP contribution in [0.1, 0.15) is 33.1 Å². The number of ether oxygens (including phenoxy) is 1. The molecular formula is C13H29N3O3S. The van der Waals surface area contributed by atoms with Gasteiger partial charge in [-0.25, -0.2) is 0 Å². The summed E-state index contributed by atoms with van der Waals surface area (Å²) in [7, 11) is -1.75. The van der Waals surface area contributed by atoms with Crippen LogP contribution in [-0.2, 0) is 14.9 Å². The van der Waals surface area contributed by atoms with E-state index in [1.807, 2.05) is 6.92 Å². The van der Waals surface area contributed by atoms with Gasteiger partial charge in [-0.3, -0.25) is 0 Å². The molecular weight excluding hydrogens is 278 g/mol. The third-order valence-corrected chi connectivity index (χ3v) is 5.32. The maximum absolute atomic E-state index is 12.3. The van der Waals surface area contributed by atoms with Crippen LogP contribution < -0.4 is 10.0 Å². The predicted octanol–water partition coefficient (Wildman–Crippen LogP) is 0.567. The summed E-state index contributed by atoms with van der Waals surface area (Å²) in [6.07, 6.45) is 2.71. The van der Waals surface area contributed by atoms with E-state index in [2.05, 4.69) is 17.0 Å². The summed E-state index contributed by atoms with van der Waals surface area (Å²) in [6.45, 7) is 7.55. The second kappa shape index (κ2) is 8.94. The lowest BCUT2D eigenvalue weighted by molar-refractivity contribution is 0.187. The highest BCUT2D eigenvalue weighted by Gasteiger charge is 2.29. The van der Waals surface area contributed by atoms with Gasteiger partial charge >= 0.3 is 0 Å². The molecule has 0 aromatic rings. The first-order chi connectivity index (χ1) is 9.49. The van der Waals surface area contributed by atoms with E-state index in [0.717, 1.165) is 25.9 Å². The Hall–Kier alpha value is -0.210. The SMILES string of the molecule is CCNCC1CCCN(S(=O)(=O)NC(C)CCOC)C1. The molecule has 0 bridgehead atoms. The quantitative estimate of drug-likeness (QED) is 0.653. The molecule has 0 aromatic heterocycles. The van der Waals surface area contributed by atoms with E-state index < -0.39 is 10.2 Å². The van der Waals surface area contributed by atoms with E-state index in [0.29, 0.717) is 32.0 Å². The van der Waals surface area contributed by atoms with Crippen LogP contribution in [0.2, 0.25) is 0 Å². The van der Waals surface area contributed by atoms with Gasteiger partial charge in [0.15, 0.2) is 0 Å². The zero-order valence-corrected chi connectivity index (χ0v) is 13.7. The Balaban J connectivity index is 2.49. The highest BCUT2D eigenvalue weighted by molar-refractivity contribution is 7.87. The maximum Gasteiger partial charge on any atom is 0.279 e. The third-order valence-electron chi connectivity index (χ3n) is 3.61. The van der Waals surface area contributed by atoms with E-state index in [1.165, 1.54) is 0 Å². The molecule has 0 aliphatic carbocycles. The highest BCUT2D eigenvalue weighted by Crippen LogP contribution is 2.18. The maximum atomic E-state index is 12.3. The van der Waals surface area contributed by atoms with E-state index >= 15 is 0 Å². The van der Waals surface area contributed by atoms with Gasteiger partial charge < -0.3 is 10.1 Å². The number of rotatable bonds is 9. The minimum absolute atomic E-state index is 0.103. The number of hydrogen-bond donors (Lipinski definition) is 2. The van der Waals surface area contributed by atoms with Crippen molar-refractivity contribution in [3.63, 3.8) is 0 Å². The molecule has 1 heterocycles. The molecule has 2 unspecified atom stereocenters. The van der Waals surface area contributed by atoms with E-state index in [9.17, 15) is 8.42 Å². The molecule has 6 nitrogen and oxygen atoms in total. The van der Waals surface area contributed by atoms with Gasteiger partial charge in [-0.05, 0) is 45.2 Å². The van der Waals surface area contributed by atoms with Crippen molar-refractivity contribution in [2.24, 2.45) is 5.92 Å². The fraction of sp³-hybridized carbons (Fsp3) is 1.00. The van der Waals surface area contributed by atoms with E-state index in [1.54, 1.807) is 11.4 Å². The van der Waals surface area contributed by atoms with E-state index in [4.69, 9.17) is 4.74 Å². The monoisotopic (exact) mass is 307 g/mol. The number of piperidine rings is 1. The van der Waals surface area contributed by atoms with Crippen LogP contribution in [0.15, 0.2) is 0 Å². The fourth-order valence-electron chi connectivity index (χ4n) is 2.44. The van der Waals surface area contributed by atoms with Gasteiger partial charge in [-0.15, -0.1) is 0 Å². The van der Waals surface area contributed by atoms with Crippen molar-refractivity contribution in [3.05, 3.63) is 0 Å². The summed E-state index contributed by atoms with van der Waals surface area (Å²) < 4.78 is 34.0. The van der Waals surface area contributed by atoms with Gasteiger partial charge in [0, 0.05) is 32.8 Å². The third kappa shape index (κ3) is 6.05. The van der Waals surface area contributed by atoms with Gasteiger partial charge in [0.1, 0.15) is 0 Å². The molecule has 0 saturated carbocycles. The first kappa shape index (κ1) is 17.8. The van der Waals surface area contributed by atoms with Crippen LogP contribution in [0.5, 0.6) is 0 Å². The van der Waals surface area contributed by atoms with Crippen molar-refractivity contribution >= 4 is 10.2 Å². The summed E-state index contributed by atoms with van der Waals surface area (Å²) >= 11 is 0. The van der Waals surface area contributed by atoms with Gasteiger partial charge in [-0.2, -0.15) is 17.4 Å². The van der Waals surface area contributed by atoms with Crippen molar-refractivity contribution in [1.82, 2.24) is 14.3 Å². The van der Waals surface area contributed by atoms with Gasteiger partial charge in [0.25, 0.3) is 10.2 Å². The minimum Gasteiger partial charge on any atom is -0.385 e. The molecule has 1 fully saturated rings. The van der Waals surface area contributed by atoms with Gasteiger partial charge in [-0.1, -0.05) is 6.92 Å². The molecule has 2 N–H and O–H groups in total. The standard InChI is InChI=1S/C13H29N3O3S/c1-4-14-10-13-6-5-8-16(11-13)20(17,18)15-12(2)7-9-19-3/h12-15H,4-11H2,1-3H3. The lowest BCUT2D eigenvalue weighted by atomic mass is 10.00.